The highest BCUT2D eigenvalue weighted by atomic mass is 31.2. The van der Waals surface area contributed by atoms with Crippen LogP contribution >= 0.6 is 7.82 Å². The van der Waals surface area contributed by atoms with Gasteiger partial charge in [0.05, 0.1) is 33.8 Å². The molecule has 2 N–H and O–H groups in total. The minimum absolute atomic E-state index is 0.0311. The molecule has 0 heterocycles. The number of hydrogen-bond donors (Lipinski definition) is 2. The van der Waals surface area contributed by atoms with Crippen LogP contribution < -0.4 is 5.32 Å². The zero-order valence-electron chi connectivity index (χ0n) is 56.8. The fraction of sp³-hybridized carbons (Fsp3) is 0.737. The van der Waals surface area contributed by atoms with Crippen LogP contribution in [0.5, 0.6) is 0 Å². The molecule has 0 bridgehead atoms. The minimum Gasteiger partial charge on any atom is -0.456 e. The number of unbranched alkanes of at least 4 members (excludes halogenated alkanes) is 32. The average Bonchev–Trinajstić information content (AvgIpc) is 3.65. The molecule has 3 atom stereocenters. The maximum absolute atomic E-state index is 13.6. The minimum atomic E-state index is -4.47. The van der Waals surface area contributed by atoms with E-state index in [1.807, 2.05) is 33.3 Å². The van der Waals surface area contributed by atoms with Gasteiger partial charge in [-0.05, 0) is 122 Å². The number of carbonyl (C=O) groups excluding carboxylic acids is 2. The van der Waals surface area contributed by atoms with Gasteiger partial charge < -0.3 is 19.4 Å². The van der Waals surface area contributed by atoms with Gasteiger partial charge in [-0.1, -0.05) is 285 Å². The van der Waals surface area contributed by atoms with E-state index in [2.05, 4.69) is 123 Å². The summed E-state index contributed by atoms with van der Waals surface area (Å²) in [6, 6.07) is -0.867. The number of phosphoric ester groups is 1. The van der Waals surface area contributed by atoms with E-state index >= 15 is 0 Å². The second-order valence-electron chi connectivity index (χ2n) is 25.0. The number of carbonyl (C=O) groups is 2. The Morgan fingerprint density at radius 3 is 1.08 bits per heavy atom. The first kappa shape index (κ1) is 82.7. The van der Waals surface area contributed by atoms with Crippen LogP contribution in [0.3, 0.4) is 0 Å². The molecule has 0 fully saturated rings. The number of nitrogens with zero attached hydrogens (tertiary/aromatic N) is 1. The first-order chi connectivity index (χ1) is 41.9. The topological polar surface area (TPSA) is 111 Å². The second-order valence-corrected chi connectivity index (χ2v) is 26.5. The molecule has 0 saturated heterocycles. The molecular weight excluding hydrogens is 1080 g/mol. The van der Waals surface area contributed by atoms with Gasteiger partial charge in [-0.3, -0.25) is 18.6 Å². The highest BCUT2D eigenvalue weighted by Gasteiger charge is 2.30. The molecular formula is C76H136N2O7P+. The Morgan fingerprint density at radius 2 is 0.709 bits per heavy atom. The summed E-state index contributed by atoms with van der Waals surface area (Å²) >= 11 is 0. The van der Waals surface area contributed by atoms with Crippen molar-refractivity contribution in [1.82, 2.24) is 5.32 Å². The lowest BCUT2D eigenvalue weighted by Gasteiger charge is -2.27. The Hall–Kier alpha value is -3.33. The standard InChI is InChI=1S/C76H135N2O7P/c1-7-10-13-16-19-22-25-28-30-32-34-36-37-38-39-40-41-43-45-47-49-51-54-57-60-63-66-69-76(80)85-74(67-64-61-58-55-52-27-24-21-18-15-12-9-3)73(72-84-86(81,82)83-71-70-78(4,5)6)77-75(79)68-65-62-59-56-53-50-48-46-44-42-35-33-31-29-26-23-20-17-14-11-8-2/h19-20,22-23,28-31,34-36,38-39,42,46,48,64,67,73-74H,7-18,21,24-27,32-33,37,40-41,43-45,47,49-63,65-66,68-72H2,1-6H3,(H-,77,79,81,82)/p+1/b22-19-,23-20-,30-28-,31-29-,36-34-,39-38-,42-35-,48-46-,67-64-. The van der Waals surface area contributed by atoms with Gasteiger partial charge in [0.2, 0.25) is 5.91 Å². The van der Waals surface area contributed by atoms with Crippen LogP contribution in [0.2, 0.25) is 0 Å². The lowest BCUT2D eigenvalue weighted by atomic mass is 10.0. The van der Waals surface area contributed by atoms with E-state index in [-0.39, 0.29) is 31.5 Å². The molecule has 9 nitrogen and oxygen atoms in total. The number of nitrogens with one attached hydrogen (secondary N) is 1. The van der Waals surface area contributed by atoms with E-state index in [0.717, 1.165) is 116 Å². The average molecular weight is 1220 g/mol. The Kier molecular flexibility index (Phi) is 62.1. The third-order valence-electron chi connectivity index (χ3n) is 15.4. The molecule has 0 radical (unpaired) electrons. The molecule has 1 amide bonds. The number of quaternary nitrogens is 1. The predicted octanol–water partition coefficient (Wildman–Crippen LogP) is 22.8. The van der Waals surface area contributed by atoms with Crippen molar-refractivity contribution >= 4 is 19.7 Å². The van der Waals surface area contributed by atoms with Crippen LogP contribution in [-0.4, -0.2) is 74.3 Å². The van der Waals surface area contributed by atoms with Gasteiger partial charge in [0.1, 0.15) is 19.3 Å². The summed E-state index contributed by atoms with van der Waals surface area (Å²) in [6.07, 6.45) is 89.5. The molecule has 10 heteroatoms. The van der Waals surface area contributed by atoms with E-state index in [1.165, 1.54) is 161 Å². The molecule has 0 aliphatic carbocycles. The van der Waals surface area contributed by atoms with E-state index in [0.29, 0.717) is 17.4 Å². The van der Waals surface area contributed by atoms with Gasteiger partial charge in [0.15, 0.2) is 0 Å². The van der Waals surface area contributed by atoms with Crippen LogP contribution in [0.1, 0.15) is 310 Å². The van der Waals surface area contributed by atoms with E-state index in [1.54, 1.807) is 0 Å². The summed E-state index contributed by atoms with van der Waals surface area (Å²) < 4.78 is 30.8. The van der Waals surface area contributed by atoms with E-state index < -0.39 is 20.0 Å². The number of rotatable bonds is 64. The molecule has 0 aliphatic rings. The van der Waals surface area contributed by atoms with E-state index in [4.69, 9.17) is 13.8 Å². The van der Waals surface area contributed by atoms with Crippen LogP contribution in [0.25, 0.3) is 0 Å². The lowest BCUT2D eigenvalue weighted by molar-refractivity contribution is -0.870. The zero-order chi connectivity index (χ0) is 62.8. The first-order valence-electron chi connectivity index (χ1n) is 35.7. The van der Waals surface area contributed by atoms with Crippen molar-refractivity contribution in [3.8, 4) is 0 Å². The van der Waals surface area contributed by atoms with Gasteiger partial charge in [-0.2, -0.15) is 0 Å². The van der Waals surface area contributed by atoms with Gasteiger partial charge >= 0.3 is 13.8 Å². The summed E-state index contributed by atoms with van der Waals surface area (Å²) in [7, 11) is 1.47. The van der Waals surface area contributed by atoms with Crippen molar-refractivity contribution < 1.29 is 37.3 Å². The Morgan fingerprint density at radius 1 is 0.407 bits per heavy atom. The summed E-state index contributed by atoms with van der Waals surface area (Å²) in [6.45, 7) is 6.95. The zero-order valence-corrected chi connectivity index (χ0v) is 57.7. The van der Waals surface area contributed by atoms with Crippen molar-refractivity contribution in [1.29, 1.82) is 0 Å². The molecule has 0 rings (SSSR count). The molecule has 0 aromatic rings. The maximum Gasteiger partial charge on any atom is 0.472 e. The second kappa shape index (κ2) is 64.6. The van der Waals surface area contributed by atoms with Crippen LogP contribution in [-0.2, 0) is 27.9 Å². The molecule has 496 valence electrons. The number of likely N-dealkylation sites (N-methyl/N-ethyl adjacent to an activating group) is 1. The number of hydrogen-bond acceptors (Lipinski definition) is 6. The van der Waals surface area contributed by atoms with Gasteiger partial charge in [0, 0.05) is 12.8 Å². The summed E-state index contributed by atoms with van der Waals surface area (Å²) in [5, 5.41) is 3.06. The predicted molar refractivity (Wildman–Crippen MR) is 373 cm³/mol. The fourth-order valence-corrected chi connectivity index (χ4v) is 10.6. The largest absolute Gasteiger partial charge is 0.472 e. The highest BCUT2D eigenvalue weighted by Crippen LogP contribution is 2.43. The van der Waals surface area contributed by atoms with Crippen molar-refractivity contribution in [3.05, 3.63) is 109 Å². The maximum atomic E-state index is 13.6. The van der Waals surface area contributed by atoms with Gasteiger partial charge in [-0.25, -0.2) is 4.57 Å². The van der Waals surface area contributed by atoms with Crippen molar-refractivity contribution in [2.75, 3.05) is 40.9 Å². The Bertz CT molecular complexity index is 1840. The number of amides is 1. The summed E-state index contributed by atoms with van der Waals surface area (Å²) in [5.41, 5.74) is 0. The fourth-order valence-electron chi connectivity index (χ4n) is 9.91. The number of esters is 1. The normalized spacial score (nSPS) is 14.2. The SMILES string of the molecule is CCCCC/C=C\C/C=C\C/C=C\C/C=C\CCCCCCCCCCCCCC(=O)OC(/C=C\CCCCCCCCCCCC)C(COP(=O)(O)OCC[N+](C)(C)C)NC(=O)CCCCCCC/C=C\C/C=C\C/C=C\C/C=C\CCCCC. The number of allylic oxidation sites excluding steroid dienone is 17. The molecule has 0 spiro atoms. The molecule has 0 saturated carbocycles. The molecule has 0 aliphatic heterocycles. The van der Waals surface area contributed by atoms with Gasteiger partial charge in [-0.15, -0.1) is 0 Å². The number of phosphoric acid groups is 1. The quantitative estimate of drug-likeness (QED) is 0.0205. The van der Waals surface area contributed by atoms with Crippen LogP contribution in [0, 0.1) is 0 Å². The van der Waals surface area contributed by atoms with Crippen molar-refractivity contribution in [3.63, 3.8) is 0 Å². The van der Waals surface area contributed by atoms with E-state index in [9.17, 15) is 19.0 Å². The molecule has 86 heavy (non-hydrogen) atoms. The smallest absolute Gasteiger partial charge is 0.456 e. The monoisotopic (exact) mass is 1220 g/mol. The van der Waals surface area contributed by atoms with Crippen molar-refractivity contribution in [2.24, 2.45) is 0 Å². The van der Waals surface area contributed by atoms with Crippen LogP contribution in [0.15, 0.2) is 109 Å². The highest BCUT2D eigenvalue weighted by molar-refractivity contribution is 7.47. The van der Waals surface area contributed by atoms with Crippen LogP contribution in [0.4, 0.5) is 0 Å². The third-order valence-corrected chi connectivity index (χ3v) is 16.4. The molecule has 0 aromatic heterocycles. The van der Waals surface area contributed by atoms with Crippen molar-refractivity contribution in [2.45, 2.75) is 322 Å². The number of ether oxygens (including phenoxy) is 1. The lowest BCUT2D eigenvalue weighted by Crippen LogP contribution is -2.47. The molecule has 0 aromatic carbocycles. The Balaban J connectivity index is 5.11. The third kappa shape index (κ3) is 65.1. The Labute approximate surface area is 531 Å². The first-order valence-corrected chi connectivity index (χ1v) is 37.2. The summed E-state index contributed by atoms with van der Waals surface area (Å²) in [5.74, 6) is -0.529. The summed E-state index contributed by atoms with van der Waals surface area (Å²) in [4.78, 5) is 37.9. The van der Waals surface area contributed by atoms with Gasteiger partial charge in [0.25, 0.3) is 0 Å². The molecule has 3 unspecified atom stereocenters.